The molecule has 0 amide bonds. The summed E-state index contributed by atoms with van der Waals surface area (Å²) in [7, 11) is -3.81. The Morgan fingerprint density at radius 2 is 1.77 bits per heavy atom. The maximum absolute atomic E-state index is 12.5. The van der Waals surface area contributed by atoms with Gasteiger partial charge in [-0.2, -0.15) is 0 Å². The summed E-state index contributed by atoms with van der Waals surface area (Å²) in [5.74, 6) is 0. The van der Waals surface area contributed by atoms with Crippen molar-refractivity contribution in [2.24, 2.45) is 0 Å². The number of aliphatic hydroxyl groups excluding tert-OH is 1. The first-order chi connectivity index (χ1) is 10.5. The number of nitro groups is 1. The number of sulfone groups is 1. The minimum Gasteiger partial charge on any atom is -0.395 e. The fourth-order valence-electron chi connectivity index (χ4n) is 1.91. The number of benzene rings is 2. The van der Waals surface area contributed by atoms with E-state index in [4.69, 9.17) is 5.11 Å². The van der Waals surface area contributed by atoms with Crippen LogP contribution in [0.25, 0.3) is 0 Å². The van der Waals surface area contributed by atoms with Gasteiger partial charge in [-0.05, 0) is 24.3 Å². The van der Waals surface area contributed by atoms with Crippen LogP contribution in [-0.2, 0) is 9.84 Å². The van der Waals surface area contributed by atoms with E-state index in [1.54, 1.807) is 18.2 Å². The highest BCUT2D eigenvalue weighted by Gasteiger charge is 2.22. The first kappa shape index (κ1) is 15.9. The molecule has 22 heavy (non-hydrogen) atoms. The van der Waals surface area contributed by atoms with E-state index in [0.717, 1.165) is 6.07 Å². The lowest BCUT2D eigenvalue weighted by Crippen LogP contribution is -2.09. The molecule has 116 valence electrons. The maximum Gasteiger partial charge on any atom is 0.293 e. The molecule has 2 N–H and O–H groups in total. The highest BCUT2D eigenvalue weighted by molar-refractivity contribution is 7.91. The Bertz CT molecular complexity index is 775. The molecule has 8 heteroatoms. The molecule has 0 saturated heterocycles. The maximum atomic E-state index is 12.5. The van der Waals surface area contributed by atoms with E-state index in [1.165, 1.54) is 24.3 Å². The first-order valence-electron chi connectivity index (χ1n) is 6.40. The van der Waals surface area contributed by atoms with Crippen LogP contribution in [0.3, 0.4) is 0 Å². The van der Waals surface area contributed by atoms with E-state index in [2.05, 4.69) is 5.32 Å². The molecule has 7 nitrogen and oxygen atoms in total. The summed E-state index contributed by atoms with van der Waals surface area (Å²) in [6.07, 6.45) is 0. The van der Waals surface area contributed by atoms with Gasteiger partial charge in [-0.25, -0.2) is 8.42 Å². The Kier molecular flexibility index (Phi) is 4.74. The van der Waals surface area contributed by atoms with E-state index in [1.807, 2.05) is 0 Å². The highest BCUT2D eigenvalue weighted by atomic mass is 32.2. The second-order valence-electron chi connectivity index (χ2n) is 4.40. The van der Waals surface area contributed by atoms with Gasteiger partial charge in [-0.3, -0.25) is 10.1 Å². The first-order valence-corrected chi connectivity index (χ1v) is 7.88. The topological polar surface area (TPSA) is 110 Å². The number of anilines is 1. The van der Waals surface area contributed by atoms with E-state index >= 15 is 0 Å². The van der Waals surface area contributed by atoms with Gasteiger partial charge in [0.05, 0.1) is 21.3 Å². The Morgan fingerprint density at radius 3 is 2.36 bits per heavy atom. The van der Waals surface area contributed by atoms with E-state index in [9.17, 15) is 18.5 Å². The molecule has 0 bridgehead atoms. The van der Waals surface area contributed by atoms with Crippen molar-refractivity contribution >= 4 is 21.2 Å². The summed E-state index contributed by atoms with van der Waals surface area (Å²) in [6, 6.07) is 11.3. The van der Waals surface area contributed by atoms with Gasteiger partial charge in [-0.1, -0.05) is 18.2 Å². The standard InChI is InChI=1S/C14H14N2O5S/c17-9-8-15-13-7-6-12(10-14(13)16(18)19)22(20,21)11-4-2-1-3-5-11/h1-7,10,15,17H,8-9H2. The number of nitrogens with zero attached hydrogens (tertiary/aromatic N) is 1. The third-order valence-electron chi connectivity index (χ3n) is 2.96. The van der Waals surface area contributed by atoms with Crippen molar-refractivity contribution in [3.8, 4) is 0 Å². The predicted octanol–water partition coefficient (Wildman–Crippen LogP) is 1.83. The molecule has 2 aromatic carbocycles. The smallest absolute Gasteiger partial charge is 0.293 e. The van der Waals surface area contributed by atoms with E-state index < -0.39 is 14.8 Å². The van der Waals surface area contributed by atoms with Crippen LogP contribution in [0.1, 0.15) is 0 Å². The Balaban J connectivity index is 2.49. The van der Waals surface area contributed by atoms with Gasteiger partial charge in [0.1, 0.15) is 5.69 Å². The third-order valence-corrected chi connectivity index (χ3v) is 4.72. The number of nitro benzene ring substituents is 1. The molecule has 0 aliphatic rings. The van der Waals surface area contributed by atoms with E-state index in [-0.39, 0.29) is 34.3 Å². The lowest BCUT2D eigenvalue weighted by atomic mass is 10.2. The molecule has 0 fully saturated rings. The Hall–Kier alpha value is -2.45. The molecule has 0 aliphatic heterocycles. The fraction of sp³-hybridized carbons (Fsp3) is 0.143. The molecular weight excluding hydrogens is 308 g/mol. The van der Waals surface area contributed by atoms with Crippen LogP contribution in [0.2, 0.25) is 0 Å². The second-order valence-corrected chi connectivity index (χ2v) is 6.35. The minimum absolute atomic E-state index is 0.0698. The van der Waals surface area contributed by atoms with Crippen molar-refractivity contribution in [3.63, 3.8) is 0 Å². The molecule has 0 aromatic heterocycles. The molecule has 0 heterocycles. The zero-order valence-corrected chi connectivity index (χ0v) is 12.3. The average Bonchev–Trinajstić information content (AvgIpc) is 2.53. The normalized spacial score (nSPS) is 11.1. The Labute approximate surface area is 127 Å². The molecule has 0 spiro atoms. The van der Waals surface area contributed by atoms with Gasteiger partial charge in [0.15, 0.2) is 0 Å². The molecule has 2 rings (SSSR count). The van der Waals surface area contributed by atoms with Crippen molar-refractivity contribution in [1.29, 1.82) is 0 Å². The van der Waals surface area contributed by atoms with Gasteiger partial charge >= 0.3 is 0 Å². The number of hydrogen-bond donors (Lipinski definition) is 2. The van der Waals surface area contributed by atoms with Crippen LogP contribution >= 0.6 is 0 Å². The summed E-state index contributed by atoms with van der Waals surface area (Å²) in [6.45, 7) is -0.0627. The third kappa shape index (κ3) is 3.23. The molecular formula is C14H14N2O5S. The van der Waals surface area contributed by atoms with Crippen molar-refractivity contribution in [2.75, 3.05) is 18.5 Å². The largest absolute Gasteiger partial charge is 0.395 e. The van der Waals surface area contributed by atoms with Gasteiger partial charge in [0.25, 0.3) is 5.69 Å². The molecule has 0 unspecified atom stereocenters. The van der Waals surface area contributed by atoms with Crippen LogP contribution in [0.5, 0.6) is 0 Å². The SMILES string of the molecule is O=[N+]([O-])c1cc(S(=O)(=O)c2ccccc2)ccc1NCCO. The fourth-order valence-corrected chi connectivity index (χ4v) is 3.21. The van der Waals surface area contributed by atoms with Gasteiger partial charge in [-0.15, -0.1) is 0 Å². The van der Waals surface area contributed by atoms with E-state index in [0.29, 0.717) is 0 Å². The number of nitrogens with one attached hydrogen (secondary N) is 1. The molecule has 0 saturated carbocycles. The molecule has 2 aromatic rings. The second kappa shape index (κ2) is 6.54. The monoisotopic (exact) mass is 322 g/mol. The summed E-state index contributed by atoms with van der Waals surface area (Å²) in [4.78, 5) is 10.4. The highest BCUT2D eigenvalue weighted by Crippen LogP contribution is 2.30. The predicted molar refractivity (Wildman–Crippen MR) is 80.6 cm³/mol. The van der Waals surface area contributed by atoms with Crippen LogP contribution < -0.4 is 5.32 Å². The van der Waals surface area contributed by atoms with Gasteiger partial charge in [0.2, 0.25) is 9.84 Å². The molecule has 0 atom stereocenters. The summed E-state index contributed by atoms with van der Waals surface area (Å²) in [5, 5.41) is 22.5. The average molecular weight is 322 g/mol. The van der Waals surface area contributed by atoms with Crippen LogP contribution in [0, 0.1) is 10.1 Å². The lowest BCUT2D eigenvalue weighted by molar-refractivity contribution is -0.384. The zero-order valence-electron chi connectivity index (χ0n) is 11.5. The van der Waals surface area contributed by atoms with Gasteiger partial charge in [0, 0.05) is 12.6 Å². The van der Waals surface area contributed by atoms with Crippen LogP contribution in [-0.4, -0.2) is 31.6 Å². The summed E-state index contributed by atoms with van der Waals surface area (Å²) < 4.78 is 24.9. The summed E-state index contributed by atoms with van der Waals surface area (Å²) in [5.41, 5.74) is -0.198. The van der Waals surface area contributed by atoms with Crippen molar-refractivity contribution < 1.29 is 18.4 Å². The van der Waals surface area contributed by atoms with Crippen molar-refractivity contribution in [3.05, 3.63) is 58.6 Å². The molecule has 0 aliphatic carbocycles. The van der Waals surface area contributed by atoms with Crippen LogP contribution in [0.4, 0.5) is 11.4 Å². The Morgan fingerprint density at radius 1 is 1.09 bits per heavy atom. The number of rotatable bonds is 6. The zero-order chi connectivity index (χ0) is 16.2. The van der Waals surface area contributed by atoms with Crippen LogP contribution in [0.15, 0.2) is 58.3 Å². The van der Waals surface area contributed by atoms with Crippen molar-refractivity contribution in [2.45, 2.75) is 9.79 Å². The minimum atomic E-state index is -3.81. The lowest BCUT2D eigenvalue weighted by Gasteiger charge is -2.08. The number of hydrogen-bond acceptors (Lipinski definition) is 6. The summed E-state index contributed by atoms with van der Waals surface area (Å²) >= 11 is 0. The quantitative estimate of drug-likeness (QED) is 0.620. The van der Waals surface area contributed by atoms with Crippen molar-refractivity contribution in [1.82, 2.24) is 0 Å². The number of aliphatic hydroxyl groups is 1. The van der Waals surface area contributed by atoms with Gasteiger partial charge < -0.3 is 10.4 Å². The molecule has 0 radical (unpaired) electrons.